The van der Waals surface area contributed by atoms with Crippen molar-refractivity contribution in [1.29, 1.82) is 0 Å². The number of fused-ring (bicyclic) bond motifs is 1. The molecule has 1 heterocycles. The summed E-state index contributed by atoms with van der Waals surface area (Å²) in [4.78, 5) is 27.7. The molecule has 0 aliphatic carbocycles. The number of oxazole rings is 1. The van der Waals surface area contributed by atoms with Gasteiger partial charge >= 0.3 is 0 Å². The van der Waals surface area contributed by atoms with Gasteiger partial charge in [0.05, 0.1) is 4.92 Å². The zero-order valence-electron chi connectivity index (χ0n) is 18.6. The Kier molecular flexibility index (Phi) is 6.65. The molecule has 4 rings (SSSR count). The van der Waals surface area contributed by atoms with Gasteiger partial charge in [-0.25, -0.2) is 4.98 Å². The van der Waals surface area contributed by atoms with E-state index in [9.17, 15) is 14.9 Å². The number of nitrogens with zero attached hydrogens (tertiary/aromatic N) is 2. The van der Waals surface area contributed by atoms with Gasteiger partial charge in [-0.2, -0.15) is 0 Å². The largest absolute Gasteiger partial charge is 0.436 e. The van der Waals surface area contributed by atoms with Gasteiger partial charge in [0.25, 0.3) is 11.6 Å². The second-order valence-corrected chi connectivity index (χ2v) is 8.23. The Labute approximate surface area is 201 Å². The highest BCUT2D eigenvalue weighted by Gasteiger charge is 2.20. The average Bonchev–Trinajstić information content (AvgIpc) is 3.27. The van der Waals surface area contributed by atoms with E-state index in [4.69, 9.17) is 16.6 Å². The summed E-state index contributed by atoms with van der Waals surface area (Å²) < 4.78 is 5.94. The van der Waals surface area contributed by atoms with E-state index < -0.39 is 10.8 Å². The van der Waals surface area contributed by atoms with E-state index in [0.29, 0.717) is 23.1 Å². The Balaban J connectivity index is 1.50. The van der Waals surface area contributed by atoms with Crippen LogP contribution >= 0.6 is 12.2 Å². The number of amides is 1. The summed E-state index contributed by atoms with van der Waals surface area (Å²) in [5.74, 6) is 0.234. The van der Waals surface area contributed by atoms with E-state index in [1.54, 1.807) is 18.2 Å². The molecule has 0 spiro atoms. The van der Waals surface area contributed by atoms with E-state index in [0.717, 1.165) is 17.5 Å². The monoisotopic (exact) mass is 474 g/mol. The standard InChI is InChI=1S/C25H22N4O4S/c1-3-15(2)16-11-12-22-20(14-16)27-24(33-22)17-7-6-8-18(13-17)26-25(34)28-23(30)19-9-4-5-10-21(19)29(31)32/h4-15H,3H2,1-2H3,(H2,26,28,30,34). The molecule has 0 saturated carbocycles. The molecule has 4 aromatic rings. The van der Waals surface area contributed by atoms with Crippen molar-refractivity contribution in [3.05, 3.63) is 88.0 Å². The first-order chi connectivity index (χ1) is 16.4. The number of aromatic nitrogens is 1. The fourth-order valence-corrected chi connectivity index (χ4v) is 3.71. The van der Waals surface area contributed by atoms with Gasteiger partial charge < -0.3 is 9.73 Å². The maximum absolute atomic E-state index is 12.5. The van der Waals surface area contributed by atoms with E-state index in [-0.39, 0.29) is 16.4 Å². The Hall–Kier alpha value is -4.11. The molecule has 9 heteroatoms. The molecule has 1 unspecified atom stereocenters. The Morgan fingerprint density at radius 3 is 2.71 bits per heavy atom. The molecule has 0 aliphatic rings. The maximum atomic E-state index is 12.5. The van der Waals surface area contributed by atoms with Gasteiger partial charge in [0, 0.05) is 17.3 Å². The fourth-order valence-electron chi connectivity index (χ4n) is 3.50. The van der Waals surface area contributed by atoms with Crippen molar-refractivity contribution >= 4 is 45.7 Å². The van der Waals surface area contributed by atoms with Crippen molar-refractivity contribution in [1.82, 2.24) is 10.3 Å². The normalized spacial score (nSPS) is 11.7. The van der Waals surface area contributed by atoms with Gasteiger partial charge in [0.1, 0.15) is 11.1 Å². The Bertz CT molecular complexity index is 1400. The number of rotatable bonds is 6. The number of nitro benzene ring substituents is 1. The third-order valence-corrected chi connectivity index (χ3v) is 5.74. The minimum absolute atomic E-state index is 0.0102. The predicted octanol–water partition coefficient (Wildman–Crippen LogP) is 6.04. The number of anilines is 1. The lowest BCUT2D eigenvalue weighted by atomic mass is 9.98. The molecule has 2 N–H and O–H groups in total. The van der Waals surface area contributed by atoms with Gasteiger partial charge in [0.15, 0.2) is 10.7 Å². The van der Waals surface area contributed by atoms with Crippen LogP contribution < -0.4 is 10.6 Å². The first-order valence-corrected chi connectivity index (χ1v) is 11.1. The maximum Gasteiger partial charge on any atom is 0.282 e. The molecule has 3 aromatic carbocycles. The summed E-state index contributed by atoms with van der Waals surface area (Å²) in [6.45, 7) is 4.32. The van der Waals surface area contributed by atoms with Crippen LogP contribution in [-0.2, 0) is 0 Å². The van der Waals surface area contributed by atoms with Gasteiger partial charge in [-0.15, -0.1) is 0 Å². The summed E-state index contributed by atoms with van der Waals surface area (Å²) in [6.07, 6.45) is 1.04. The van der Waals surface area contributed by atoms with E-state index in [1.807, 2.05) is 24.3 Å². The van der Waals surface area contributed by atoms with Gasteiger partial charge in [-0.05, 0) is 66.5 Å². The number of hydrogen-bond acceptors (Lipinski definition) is 6. The lowest BCUT2D eigenvalue weighted by Gasteiger charge is -2.10. The highest BCUT2D eigenvalue weighted by atomic mass is 32.1. The molecule has 0 radical (unpaired) electrons. The lowest BCUT2D eigenvalue weighted by molar-refractivity contribution is -0.385. The van der Waals surface area contributed by atoms with Crippen molar-refractivity contribution in [2.45, 2.75) is 26.2 Å². The summed E-state index contributed by atoms with van der Waals surface area (Å²) in [5, 5.41) is 16.6. The van der Waals surface area contributed by atoms with Crippen LogP contribution in [0.4, 0.5) is 11.4 Å². The van der Waals surface area contributed by atoms with E-state index in [2.05, 4.69) is 35.5 Å². The smallest absolute Gasteiger partial charge is 0.282 e. The predicted molar refractivity (Wildman–Crippen MR) is 135 cm³/mol. The zero-order chi connectivity index (χ0) is 24.2. The summed E-state index contributed by atoms with van der Waals surface area (Å²) in [7, 11) is 0. The molecular formula is C25H22N4O4S. The molecule has 1 aromatic heterocycles. The molecule has 34 heavy (non-hydrogen) atoms. The van der Waals surface area contributed by atoms with Gasteiger partial charge in [-0.3, -0.25) is 20.2 Å². The topological polar surface area (TPSA) is 110 Å². The van der Waals surface area contributed by atoms with E-state index in [1.165, 1.54) is 23.8 Å². The van der Waals surface area contributed by atoms with Crippen LogP contribution in [0.2, 0.25) is 0 Å². The highest BCUT2D eigenvalue weighted by molar-refractivity contribution is 7.80. The van der Waals surface area contributed by atoms with Crippen molar-refractivity contribution < 1.29 is 14.1 Å². The molecule has 1 atom stereocenters. The molecular weight excluding hydrogens is 452 g/mol. The lowest BCUT2D eigenvalue weighted by Crippen LogP contribution is -2.34. The molecule has 0 fully saturated rings. The number of benzene rings is 3. The zero-order valence-corrected chi connectivity index (χ0v) is 19.4. The van der Waals surface area contributed by atoms with Crippen LogP contribution in [-0.4, -0.2) is 20.9 Å². The van der Waals surface area contributed by atoms with Gasteiger partial charge in [0.2, 0.25) is 5.89 Å². The van der Waals surface area contributed by atoms with Crippen molar-refractivity contribution in [3.63, 3.8) is 0 Å². The summed E-state index contributed by atoms with van der Waals surface area (Å²) >= 11 is 5.23. The molecule has 8 nitrogen and oxygen atoms in total. The number of carbonyl (C=O) groups excluding carboxylic acids is 1. The number of thiocarbonyl (C=S) groups is 1. The SMILES string of the molecule is CCC(C)c1ccc2oc(-c3cccc(NC(=S)NC(=O)c4ccccc4[N+](=O)[O-])c3)nc2c1. The third kappa shape index (κ3) is 4.94. The highest BCUT2D eigenvalue weighted by Crippen LogP contribution is 2.29. The first kappa shape index (κ1) is 23.1. The number of nitro groups is 1. The van der Waals surface area contributed by atoms with Crippen LogP contribution in [0, 0.1) is 10.1 Å². The van der Waals surface area contributed by atoms with Crippen LogP contribution in [0.5, 0.6) is 0 Å². The van der Waals surface area contributed by atoms with Crippen LogP contribution in [0.25, 0.3) is 22.6 Å². The van der Waals surface area contributed by atoms with Crippen LogP contribution in [0.15, 0.2) is 71.1 Å². The summed E-state index contributed by atoms with van der Waals surface area (Å²) in [5.41, 5.74) is 3.67. The molecule has 0 aliphatic heterocycles. The Morgan fingerprint density at radius 1 is 1.15 bits per heavy atom. The second-order valence-electron chi connectivity index (χ2n) is 7.82. The number of para-hydroxylation sites is 1. The molecule has 172 valence electrons. The fraction of sp³-hybridized carbons (Fsp3) is 0.160. The van der Waals surface area contributed by atoms with Crippen molar-refractivity contribution in [2.75, 3.05) is 5.32 Å². The quantitative estimate of drug-likeness (QED) is 0.199. The second kappa shape index (κ2) is 9.80. The first-order valence-electron chi connectivity index (χ1n) is 10.7. The molecule has 0 bridgehead atoms. The number of carbonyl (C=O) groups is 1. The van der Waals surface area contributed by atoms with E-state index >= 15 is 0 Å². The Morgan fingerprint density at radius 2 is 1.94 bits per heavy atom. The number of hydrogen-bond donors (Lipinski definition) is 2. The third-order valence-electron chi connectivity index (χ3n) is 5.53. The van der Waals surface area contributed by atoms with Crippen molar-refractivity contribution in [3.8, 4) is 11.5 Å². The minimum atomic E-state index is -0.669. The van der Waals surface area contributed by atoms with Crippen LogP contribution in [0.3, 0.4) is 0 Å². The summed E-state index contributed by atoms with van der Waals surface area (Å²) in [6, 6.07) is 19.0. The van der Waals surface area contributed by atoms with Crippen LogP contribution in [0.1, 0.15) is 42.1 Å². The van der Waals surface area contributed by atoms with Gasteiger partial charge in [-0.1, -0.05) is 38.1 Å². The average molecular weight is 475 g/mol. The minimum Gasteiger partial charge on any atom is -0.436 e. The molecule has 0 saturated heterocycles. The number of nitrogens with one attached hydrogen (secondary N) is 2. The van der Waals surface area contributed by atoms with Crippen molar-refractivity contribution in [2.24, 2.45) is 0 Å². The molecule has 1 amide bonds.